The van der Waals surface area contributed by atoms with Crippen molar-refractivity contribution in [1.29, 1.82) is 0 Å². The Morgan fingerprint density at radius 2 is 1.40 bits per heavy atom. The van der Waals surface area contributed by atoms with E-state index in [-0.39, 0.29) is 28.3 Å². The molecule has 0 unspecified atom stereocenters. The SMILES string of the molecule is CS(=O)(=O)N(Cc1ccccc1F)c1ccc(C(=O)Nc2ccc(S(=O)(=O)Nc3cccc4ccccc34)cc2)cc1. The number of benzene rings is 5. The second-order valence-electron chi connectivity index (χ2n) is 9.52. The second-order valence-corrected chi connectivity index (χ2v) is 13.1. The van der Waals surface area contributed by atoms with Crippen molar-refractivity contribution in [3.63, 3.8) is 0 Å². The average molecular weight is 604 g/mol. The Morgan fingerprint density at radius 1 is 0.762 bits per heavy atom. The largest absolute Gasteiger partial charge is 0.322 e. The van der Waals surface area contributed by atoms with Gasteiger partial charge in [-0.15, -0.1) is 0 Å². The Hall–Kier alpha value is -4.74. The Labute approximate surface area is 243 Å². The third-order valence-electron chi connectivity index (χ3n) is 6.55. The van der Waals surface area contributed by atoms with E-state index in [0.717, 1.165) is 21.3 Å². The highest BCUT2D eigenvalue weighted by molar-refractivity contribution is 7.92. The van der Waals surface area contributed by atoms with E-state index in [1.165, 1.54) is 66.7 Å². The molecule has 5 aromatic carbocycles. The fraction of sp³-hybridized carbons (Fsp3) is 0.0645. The highest BCUT2D eigenvalue weighted by Crippen LogP contribution is 2.27. The van der Waals surface area contributed by atoms with Crippen molar-refractivity contribution in [2.75, 3.05) is 20.6 Å². The minimum Gasteiger partial charge on any atom is -0.322 e. The van der Waals surface area contributed by atoms with Gasteiger partial charge in [0.25, 0.3) is 15.9 Å². The molecule has 5 aromatic rings. The zero-order valence-corrected chi connectivity index (χ0v) is 24.0. The number of hydrogen-bond acceptors (Lipinski definition) is 5. The van der Waals surface area contributed by atoms with Crippen molar-refractivity contribution in [3.05, 3.63) is 132 Å². The molecule has 1 amide bonds. The maximum atomic E-state index is 14.2. The van der Waals surface area contributed by atoms with E-state index >= 15 is 0 Å². The van der Waals surface area contributed by atoms with E-state index in [4.69, 9.17) is 0 Å². The second kappa shape index (κ2) is 11.6. The number of anilines is 3. The molecular formula is C31H26FN3O5S2. The van der Waals surface area contributed by atoms with Crippen LogP contribution in [0.15, 0.2) is 120 Å². The quantitative estimate of drug-likeness (QED) is 0.215. The van der Waals surface area contributed by atoms with Crippen LogP contribution in [0, 0.1) is 5.82 Å². The number of nitrogens with one attached hydrogen (secondary N) is 2. The number of fused-ring (bicyclic) bond motifs is 1. The molecule has 42 heavy (non-hydrogen) atoms. The predicted octanol–water partition coefficient (Wildman–Crippen LogP) is 6.00. The number of rotatable bonds is 9. The highest BCUT2D eigenvalue weighted by atomic mass is 32.2. The lowest BCUT2D eigenvalue weighted by atomic mass is 10.1. The van der Waals surface area contributed by atoms with Crippen molar-refractivity contribution in [2.24, 2.45) is 0 Å². The van der Waals surface area contributed by atoms with Gasteiger partial charge in [0, 0.05) is 22.2 Å². The summed E-state index contributed by atoms with van der Waals surface area (Å²) in [7, 11) is -7.64. The molecule has 0 heterocycles. The van der Waals surface area contributed by atoms with Gasteiger partial charge in [-0.1, -0.05) is 54.6 Å². The molecule has 5 rings (SSSR count). The van der Waals surface area contributed by atoms with Gasteiger partial charge >= 0.3 is 0 Å². The number of hydrogen-bond donors (Lipinski definition) is 2. The standard InChI is InChI=1S/C31H26FN3O5S2/c1-41(37,38)35(21-24-8-3-5-11-29(24)32)26-17-13-23(14-18-26)31(36)33-25-15-19-27(20-16-25)42(39,40)34-30-12-6-9-22-7-2-4-10-28(22)30/h2-20,34H,21H2,1H3,(H,33,36). The normalized spacial score (nSPS) is 11.7. The Kier molecular flexibility index (Phi) is 7.97. The van der Waals surface area contributed by atoms with Gasteiger partial charge in [0.05, 0.1) is 29.1 Å². The third kappa shape index (κ3) is 6.42. The number of nitrogens with zero attached hydrogens (tertiary/aromatic N) is 1. The lowest BCUT2D eigenvalue weighted by Gasteiger charge is -2.23. The summed E-state index contributed by atoms with van der Waals surface area (Å²) in [6.07, 6.45) is 1.02. The summed E-state index contributed by atoms with van der Waals surface area (Å²) in [6.45, 7) is -0.207. The summed E-state index contributed by atoms with van der Waals surface area (Å²) in [5.74, 6) is -1.00. The first-order valence-electron chi connectivity index (χ1n) is 12.7. The molecule has 0 spiro atoms. The minimum absolute atomic E-state index is 0.0218. The monoisotopic (exact) mass is 603 g/mol. The minimum atomic E-state index is -3.89. The van der Waals surface area contributed by atoms with E-state index in [2.05, 4.69) is 10.0 Å². The van der Waals surface area contributed by atoms with E-state index in [1.54, 1.807) is 18.2 Å². The smallest absolute Gasteiger partial charge is 0.261 e. The van der Waals surface area contributed by atoms with Gasteiger partial charge in [-0.3, -0.25) is 13.8 Å². The summed E-state index contributed by atoms with van der Waals surface area (Å²) < 4.78 is 68.8. The summed E-state index contributed by atoms with van der Waals surface area (Å²) >= 11 is 0. The van der Waals surface area contributed by atoms with Gasteiger partial charge < -0.3 is 5.32 Å². The van der Waals surface area contributed by atoms with Crippen molar-refractivity contribution in [1.82, 2.24) is 0 Å². The molecule has 11 heteroatoms. The molecule has 0 aliphatic carbocycles. The molecule has 214 valence electrons. The van der Waals surface area contributed by atoms with Crippen LogP contribution in [0.4, 0.5) is 21.5 Å². The highest BCUT2D eigenvalue weighted by Gasteiger charge is 2.20. The maximum Gasteiger partial charge on any atom is 0.261 e. The summed E-state index contributed by atoms with van der Waals surface area (Å²) in [6, 6.07) is 30.3. The van der Waals surface area contributed by atoms with Crippen molar-refractivity contribution >= 4 is 53.8 Å². The number of amides is 1. The van der Waals surface area contributed by atoms with Crippen LogP contribution in [0.25, 0.3) is 10.8 Å². The van der Waals surface area contributed by atoms with Crippen molar-refractivity contribution in [2.45, 2.75) is 11.4 Å². The lowest BCUT2D eigenvalue weighted by molar-refractivity contribution is 0.102. The topological polar surface area (TPSA) is 113 Å². The van der Waals surface area contributed by atoms with Crippen molar-refractivity contribution in [3.8, 4) is 0 Å². The first kappa shape index (κ1) is 28.8. The van der Waals surface area contributed by atoms with Gasteiger partial charge in [-0.05, 0) is 66.0 Å². The van der Waals surface area contributed by atoms with Crippen molar-refractivity contribution < 1.29 is 26.0 Å². The molecular weight excluding hydrogens is 577 g/mol. The van der Waals surface area contributed by atoms with Crippen LogP contribution in [-0.2, 0) is 26.6 Å². The van der Waals surface area contributed by atoms with Gasteiger partial charge in [-0.25, -0.2) is 21.2 Å². The molecule has 0 atom stereocenters. The lowest BCUT2D eigenvalue weighted by Crippen LogP contribution is -2.29. The number of halogens is 1. The molecule has 8 nitrogen and oxygen atoms in total. The summed E-state index contributed by atoms with van der Waals surface area (Å²) in [4.78, 5) is 12.9. The molecule has 0 aliphatic rings. The van der Waals surface area contributed by atoms with Crippen LogP contribution in [0.2, 0.25) is 0 Å². The number of carbonyl (C=O) groups is 1. The van der Waals surface area contributed by atoms with E-state index in [9.17, 15) is 26.0 Å². The Morgan fingerprint density at radius 3 is 2.10 bits per heavy atom. The molecule has 0 saturated carbocycles. The van der Waals surface area contributed by atoms with Gasteiger partial charge in [0.1, 0.15) is 5.82 Å². The zero-order chi connectivity index (χ0) is 29.9. The van der Waals surface area contributed by atoms with Crippen LogP contribution < -0.4 is 14.3 Å². The van der Waals surface area contributed by atoms with Crippen LogP contribution >= 0.6 is 0 Å². The zero-order valence-electron chi connectivity index (χ0n) is 22.4. The van der Waals surface area contributed by atoms with E-state index in [1.807, 2.05) is 30.3 Å². The third-order valence-corrected chi connectivity index (χ3v) is 9.07. The number of carbonyl (C=O) groups excluding carboxylic acids is 1. The average Bonchev–Trinajstić information content (AvgIpc) is 2.96. The van der Waals surface area contributed by atoms with Gasteiger partial charge in [-0.2, -0.15) is 0 Å². The molecule has 0 bridgehead atoms. The molecule has 0 saturated heterocycles. The molecule has 0 aromatic heterocycles. The molecule has 0 aliphatic heterocycles. The Balaban J connectivity index is 1.28. The predicted molar refractivity (Wildman–Crippen MR) is 163 cm³/mol. The fourth-order valence-electron chi connectivity index (χ4n) is 4.40. The van der Waals surface area contributed by atoms with Crippen LogP contribution in [-0.4, -0.2) is 29.0 Å². The maximum absolute atomic E-state index is 14.2. The first-order valence-corrected chi connectivity index (χ1v) is 16.1. The molecule has 2 N–H and O–H groups in total. The summed E-state index contributed by atoms with van der Waals surface area (Å²) in [5.41, 5.74) is 1.54. The van der Waals surface area contributed by atoms with Crippen LogP contribution in [0.1, 0.15) is 15.9 Å². The molecule has 0 fully saturated rings. The fourth-order valence-corrected chi connectivity index (χ4v) is 6.36. The van der Waals surface area contributed by atoms with E-state index in [0.29, 0.717) is 11.4 Å². The Bertz CT molecular complexity index is 1970. The van der Waals surface area contributed by atoms with Crippen LogP contribution in [0.5, 0.6) is 0 Å². The number of sulfonamides is 2. The van der Waals surface area contributed by atoms with E-state index < -0.39 is 31.8 Å². The summed E-state index contributed by atoms with van der Waals surface area (Å²) in [5, 5.41) is 4.37. The van der Waals surface area contributed by atoms with Crippen LogP contribution in [0.3, 0.4) is 0 Å². The first-order chi connectivity index (χ1) is 20.0. The van der Waals surface area contributed by atoms with Gasteiger partial charge in [0.2, 0.25) is 10.0 Å². The van der Waals surface area contributed by atoms with Gasteiger partial charge in [0.15, 0.2) is 0 Å². The molecule has 0 radical (unpaired) electrons.